The molecule has 4 aliphatic carbocycles. The first-order chi connectivity index (χ1) is 12.2. The summed E-state index contributed by atoms with van der Waals surface area (Å²) in [7, 11) is 0. The third-order valence-electron chi connectivity index (χ3n) is 8.78. The Kier molecular flexibility index (Phi) is 4.08. The van der Waals surface area contributed by atoms with Crippen LogP contribution >= 0.6 is 0 Å². The summed E-state index contributed by atoms with van der Waals surface area (Å²) in [5.41, 5.74) is 0.655. The van der Waals surface area contributed by atoms with E-state index in [1.54, 1.807) is 0 Å². The van der Waals surface area contributed by atoms with E-state index in [9.17, 15) is 9.90 Å². The van der Waals surface area contributed by atoms with E-state index in [0.717, 1.165) is 51.4 Å². The average molecular weight is 357 g/mol. The number of aliphatic hydroxyl groups is 1. The third kappa shape index (κ3) is 2.34. The van der Waals surface area contributed by atoms with Crippen molar-refractivity contribution < 1.29 is 14.6 Å². The molecule has 0 bridgehead atoms. The van der Waals surface area contributed by atoms with Crippen LogP contribution in [0.2, 0.25) is 0 Å². The molecule has 0 heterocycles. The molecule has 1 N–H and O–H groups in total. The van der Waals surface area contributed by atoms with Crippen molar-refractivity contribution in [3.63, 3.8) is 0 Å². The lowest BCUT2D eigenvalue weighted by Crippen LogP contribution is -2.54. The number of hydrogen-bond donors (Lipinski definition) is 1. The second kappa shape index (κ2) is 5.86. The highest BCUT2D eigenvalue weighted by atomic mass is 16.5. The fraction of sp³-hybridized carbons (Fsp3) is 0.783. The van der Waals surface area contributed by atoms with Gasteiger partial charge in [-0.25, -0.2) is 0 Å². The molecule has 0 aliphatic heterocycles. The van der Waals surface area contributed by atoms with Crippen LogP contribution in [0.25, 0.3) is 0 Å². The molecule has 5 unspecified atom stereocenters. The zero-order chi connectivity index (χ0) is 18.7. The lowest BCUT2D eigenvalue weighted by molar-refractivity contribution is -0.149. The fourth-order valence-electron chi connectivity index (χ4n) is 7.22. The van der Waals surface area contributed by atoms with Crippen molar-refractivity contribution in [2.24, 2.45) is 28.6 Å². The Balaban J connectivity index is 1.61. The SMILES string of the molecule is C#C[C@@]1(O)CCC2C3CC=C4C[C@@H](OC(C)=O)CCC4(C)C3CCC21C. The van der Waals surface area contributed by atoms with E-state index < -0.39 is 5.60 Å². The number of terminal acetylenes is 1. The van der Waals surface area contributed by atoms with Gasteiger partial charge in [0.15, 0.2) is 0 Å². The number of hydrogen-bond acceptors (Lipinski definition) is 3. The topological polar surface area (TPSA) is 46.5 Å². The number of ether oxygens (including phenoxy) is 1. The second-order valence-electron chi connectivity index (χ2n) is 9.73. The first-order valence-electron chi connectivity index (χ1n) is 10.3. The minimum absolute atomic E-state index is 0.0512. The summed E-state index contributed by atoms with van der Waals surface area (Å²) in [4.78, 5) is 11.3. The quantitative estimate of drug-likeness (QED) is 0.434. The summed E-state index contributed by atoms with van der Waals surface area (Å²) < 4.78 is 5.51. The van der Waals surface area contributed by atoms with Crippen molar-refractivity contribution in [3.05, 3.63) is 11.6 Å². The van der Waals surface area contributed by atoms with E-state index in [1.165, 1.54) is 12.5 Å². The van der Waals surface area contributed by atoms with Crippen LogP contribution in [0.1, 0.15) is 72.1 Å². The fourth-order valence-corrected chi connectivity index (χ4v) is 7.22. The van der Waals surface area contributed by atoms with Gasteiger partial charge in [0.2, 0.25) is 0 Å². The van der Waals surface area contributed by atoms with Crippen molar-refractivity contribution in [2.75, 3.05) is 0 Å². The molecule has 4 rings (SSSR count). The van der Waals surface area contributed by atoms with Gasteiger partial charge in [-0.05, 0) is 68.1 Å². The van der Waals surface area contributed by atoms with Crippen molar-refractivity contribution >= 4 is 5.97 Å². The van der Waals surface area contributed by atoms with Gasteiger partial charge in [0.25, 0.3) is 0 Å². The van der Waals surface area contributed by atoms with Gasteiger partial charge >= 0.3 is 5.97 Å². The molecule has 3 nitrogen and oxygen atoms in total. The van der Waals surface area contributed by atoms with Crippen LogP contribution in [0, 0.1) is 40.9 Å². The molecule has 142 valence electrons. The molecule has 0 spiro atoms. The predicted octanol–water partition coefficient (Wildman–Crippen LogP) is 4.25. The molecule has 0 aromatic rings. The molecule has 0 aromatic heterocycles. The van der Waals surface area contributed by atoms with E-state index in [4.69, 9.17) is 11.2 Å². The van der Waals surface area contributed by atoms with Gasteiger partial charge in [0, 0.05) is 18.8 Å². The predicted molar refractivity (Wildman–Crippen MR) is 101 cm³/mol. The highest BCUT2D eigenvalue weighted by Crippen LogP contribution is 2.67. The van der Waals surface area contributed by atoms with E-state index in [0.29, 0.717) is 17.8 Å². The second-order valence-corrected chi connectivity index (χ2v) is 9.73. The summed E-state index contributed by atoms with van der Waals surface area (Å²) in [6.45, 7) is 6.18. The smallest absolute Gasteiger partial charge is 0.302 e. The van der Waals surface area contributed by atoms with Gasteiger partial charge in [-0.3, -0.25) is 4.79 Å². The molecule has 0 radical (unpaired) electrons. The highest BCUT2D eigenvalue weighted by molar-refractivity contribution is 5.66. The van der Waals surface area contributed by atoms with Gasteiger partial charge in [0.1, 0.15) is 11.7 Å². The molecule has 3 saturated carbocycles. The summed E-state index contributed by atoms with van der Waals surface area (Å²) in [5, 5.41) is 11.1. The Morgan fingerprint density at radius 3 is 2.65 bits per heavy atom. The summed E-state index contributed by atoms with van der Waals surface area (Å²) in [6.07, 6.45) is 16.3. The molecular formula is C23H32O3. The molecule has 0 amide bonds. The normalized spacial score (nSPS) is 49.9. The van der Waals surface area contributed by atoms with Gasteiger partial charge in [-0.15, -0.1) is 6.42 Å². The Bertz CT molecular complexity index is 688. The van der Waals surface area contributed by atoms with Crippen LogP contribution in [0.3, 0.4) is 0 Å². The molecule has 0 aromatic carbocycles. The maximum absolute atomic E-state index is 11.3. The number of rotatable bonds is 1. The molecular weight excluding hydrogens is 324 g/mol. The summed E-state index contributed by atoms with van der Waals surface area (Å²) in [6, 6.07) is 0. The Morgan fingerprint density at radius 2 is 1.96 bits per heavy atom. The molecule has 3 heteroatoms. The Labute approximate surface area is 157 Å². The molecule has 26 heavy (non-hydrogen) atoms. The minimum atomic E-state index is -0.930. The van der Waals surface area contributed by atoms with E-state index >= 15 is 0 Å². The first-order valence-corrected chi connectivity index (χ1v) is 10.3. The van der Waals surface area contributed by atoms with Crippen molar-refractivity contribution in [1.82, 2.24) is 0 Å². The number of fused-ring (bicyclic) bond motifs is 5. The molecule has 7 atom stereocenters. The molecule has 0 saturated heterocycles. The lowest BCUT2D eigenvalue weighted by Gasteiger charge is -2.58. The van der Waals surface area contributed by atoms with Crippen molar-refractivity contribution in [1.29, 1.82) is 0 Å². The van der Waals surface area contributed by atoms with Crippen LogP contribution in [-0.2, 0) is 9.53 Å². The first kappa shape index (κ1) is 18.1. The summed E-state index contributed by atoms with van der Waals surface area (Å²) in [5.74, 6) is 4.39. The maximum atomic E-state index is 11.3. The summed E-state index contributed by atoms with van der Waals surface area (Å²) >= 11 is 0. The third-order valence-corrected chi connectivity index (χ3v) is 8.78. The van der Waals surface area contributed by atoms with Crippen molar-refractivity contribution in [2.45, 2.75) is 83.8 Å². The zero-order valence-electron chi connectivity index (χ0n) is 16.4. The van der Waals surface area contributed by atoms with Gasteiger partial charge in [-0.1, -0.05) is 31.4 Å². The zero-order valence-corrected chi connectivity index (χ0v) is 16.4. The van der Waals surface area contributed by atoms with Gasteiger partial charge in [-0.2, -0.15) is 0 Å². The van der Waals surface area contributed by atoms with E-state index in [-0.39, 0.29) is 22.9 Å². The van der Waals surface area contributed by atoms with Crippen LogP contribution < -0.4 is 0 Å². The van der Waals surface area contributed by atoms with E-state index in [1.807, 2.05) is 0 Å². The largest absolute Gasteiger partial charge is 0.462 e. The molecule has 4 aliphatic rings. The number of carbonyl (C=O) groups excluding carboxylic acids is 1. The van der Waals surface area contributed by atoms with Crippen LogP contribution in [0.15, 0.2) is 11.6 Å². The minimum Gasteiger partial charge on any atom is -0.462 e. The monoisotopic (exact) mass is 356 g/mol. The van der Waals surface area contributed by atoms with Crippen LogP contribution in [-0.4, -0.2) is 22.8 Å². The van der Waals surface area contributed by atoms with Crippen LogP contribution in [0.4, 0.5) is 0 Å². The van der Waals surface area contributed by atoms with Crippen LogP contribution in [0.5, 0.6) is 0 Å². The maximum Gasteiger partial charge on any atom is 0.302 e. The van der Waals surface area contributed by atoms with Gasteiger partial charge < -0.3 is 9.84 Å². The van der Waals surface area contributed by atoms with Gasteiger partial charge in [0.05, 0.1) is 0 Å². The van der Waals surface area contributed by atoms with Crippen molar-refractivity contribution in [3.8, 4) is 12.3 Å². The van der Waals surface area contributed by atoms with E-state index in [2.05, 4.69) is 25.8 Å². The Morgan fingerprint density at radius 1 is 1.23 bits per heavy atom. The Hall–Kier alpha value is -1.27. The highest BCUT2D eigenvalue weighted by Gasteiger charge is 2.63. The average Bonchev–Trinajstić information content (AvgIpc) is 2.87. The number of allylic oxidation sites excluding steroid dienone is 1. The number of carbonyl (C=O) groups is 1. The number of esters is 1. The standard InChI is InChI=1S/C23H32O3/c1-5-23(25)13-10-20-18-7-6-16-14-17(26-15(2)24)8-11-21(16,3)19(18)9-12-22(20,23)4/h1,6,17-20,25H,7-14H2,2-4H3/t17-,18?,19?,20?,21?,22?,23+/m0/s1. The molecule has 3 fully saturated rings. The lowest BCUT2D eigenvalue weighted by atomic mass is 9.47.